The summed E-state index contributed by atoms with van der Waals surface area (Å²) < 4.78 is 2.07. The molecule has 2 N–H and O–H groups in total. The number of para-hydroxylation sites is 1. The second-order valence-corrected chi connectivity index (χ2v) is 6.51. The van der Waals surface area contributed by atoms with E-state index in [1.165, 1.54) is 5.56 Å². The molecule has 2 aromatic heterocycles. The number of anilines is 1. The van der Waals surface area contributed by atoms with Crippen molar-refractivity contribution in [1.29, 1.82) is 0 Å². The topological polar surface area (TPSA) is 56.7 Å². The van der Waals surface area contributed by atoms with Crippen molar-refractivity contribution in [3.63, 3.8) is 0 Å². The maximum Gasteiger partial charge on any atom is 0.164 e. The molecule has 4 nitrogen and oxygen atoms in total. The highest BCUT2D eigenvalue weighted by atomic mass is 15.2. The summed E-state index contributed by atoms with van der Waals surface area (Å²) in [6, 6.07) is 16.9. The normalized spacial score (nSPS) is 11.7. The van der Waals surface area contributed by atoms with Gasteiger partial charge in [-0.2, -0.15) is 0 Å². The van der Waals surface area contributed by atoms with Crippen molar-refractivity contribution < 1.29 is 0 Å². The number of aromatic nitrogens is 3. The Hall–Kier alpha value is -2.88. The predicted octanol–water partition coefficient (Wildman–Crippen LogP) is 4.49. The lowest BCUT2D eigenvalue weighted by atomic mass is 9.97. The minimum atomic E-state index is 0.469. The first-order valence-electron chi connectivity index (χ1n) is 8.17. The van der Waals surface area contributed by atoms with Crippen molar-refractivity contribution in [2.45, 2.75) is 19.8 Å². The molecule has 0 fully saturated rings. The lowest BCUT2D eigenvalue weighted by Gasteiger charge is -2.10. The molecule has 120 valence electrons. The van der Waals surface area contributed by atoms with Crippen molar-refractivity contribution >= 4 is 27.8 Å². The molecule has 24 heavy (non-hydrogen) atoms. The molecular formula is C20H20N4. The maximum atomic E-state index is 6.23. The van der Waals surface area contributed by atoms with Crippen LogP contribution in [0.3, 0.4) is 0 Å². The summed E-state index contributed by atoms with van der Waals surface area (Å²) in [4.78, 5) is 0. The lowest BCUT2D eigenvalue weighted by Crippen LogP contribution is -2.00. The highest BCUT2D eigenvalue weighted by molar-refractivity contribution is 6.15. The van der Waals surface area contributed by atoms with Crippen LogP contribution in [-0.4, -0.2) is 14.8 Å². The third kappa shape index (κ3) is 2.07. The first kappa shape index (κ1) is 14.7. The van der Waals surface area contributed by atoms with E-state index in [9.17, 15) is 0 Å². The Morgan fingerprint density at radius 1 is 0.958 bits per heavy atom. The third-order valence-electron chi connectivity index (χ3n) is 4.70. The molecule has 0 saturated carbocycles. The van der Waals surface area contributed by atoms with E-state index >= 15 is 0 Å². The Balaban J connectivity index is 2.07. The Morgan fingerprint density at radius 2 is 1.67 bits per heavy atom. The minimum absolute atomic E-state index is 0.469. The summed E-state index contributed by atoms with van der Waals surface area (Å²) in [5.74, 6) is 0.973. The molecule has 0 aliphatic carbocycles. The highest BCUT2D eigenvalue weighted by Crippen LogP contribution is 2.37. The number of hydrogen-bond acceptors (Lipinski definition) is 3. The van der Waals surface area contributed by atoms with Gasteiger partial charge in [0.1, 0.15) is 0 Å². The summed E-state index contributed by atoms with van der Waals surface area (Å²) in [5.41, 5.74) is 11.6. The molecule has 0 bridgehead atoms. The summed E-state index contributed by atoms with van der Waals surface area (Å²) in [5, 5.41) is 10.8. The quantitative estimate of drug-likeness (QED) is 0.592. The van der Waals surface area contributed by atoms with Gasteiger partial charge in [0.25, 0.3) is 0 Å². The van der Waals surface area contributed by atoms with Crippen LogP contribution in [0, 0.1) is 0 Å². The van der Waals surface area contributed by atoms with Gasteiger partial charge in [0, 0.05) is 23.4 Å². The molecule has 0 aliphatic heterocycles. The van der Waals surface area contributed by atoms with Crippen LogP contribution in [0.2, 0.25) is 0 Å². The summed E-state index contributed by atoms with van der Waals surface area (Å²) in [7, 11) is 2.02. The van der Waals surface area contributed by atoms with Gasteiger partial charge in [-0.25, -0.2) is 0 Å². The summed E-state index contributed by atoms with van der Waals surface area (Å²) in [6.07, 6.45) is 0. The van der Waals surface area contributed by atoms with E-state index in [0.717, 1.165) is 33.1 Å². The van der Waals surface area contributed by atoms with Crippen LogP contribution in [0.25, 0.3) is 33.1 Å². The molecule has 0 radical (unpaired) electrons. The first-order valence-corrected chi connectivity index (χ1v) is 8.17. The monoisotopic (exact) mass is 316 g/mol. The van der Waals surface area contributed by atoms with E-state index in [1.807, 2.05) is 19.2 Å². The average molecular weight is 316 g/mol. The number of fused-ring (bicyclic) bond motifs is 3. The van der Waals surface area contributed by atoms with Gasteiger partial charge in [0.05, 0.1) is 5.52 Å². The maximum absolute atomic E-state index is 6.23. The molecular weight excluding hydrogens is 296 g/mol. The Kier molecular flexibility index (Phi) is 3.27. The molecule has 0 atom stereocenters. The van der Waals surface area contributed by atoms with Gasteiger partial charge in [0.15, 0.2) is 11.5 Å². The van der Waals surface area contributed by atoms with E-state index in [4.69, 9.17) is 5.73 Å². The van der Waals surface area contributed by atoms with Gasteiger partial charge in [-0.05, 0) is 23.1 Å². The van der Waals surface area contributed by atoms with Gasteiger partial charge in [-0.3, -0.25) is 0 Å². The van der Waals surface area contributed by atoms with E-state index in [-0.39, 0.29) is 0 Å². The summed E-state index contributed by atoms with van der Waals surface area (Å²) in [6.45, 7) is 4.39. The smallest absolute Gasteiger partial charge is 0.164 e. The number of aryl methyl sites for hydroxylation is 1. The fraction of sp³-hybridized carbons (Fsp3) is 0.200. The van der Waals surface area contributed by atoms with Gasteiger partial charge in [-0.15, -0.1) is 10.2 Å². The molecule has 0 saturated heterocycles. The lowest BCUT2D eigenvalue weighted by molar-refractivity contribution is 0.867. The highest BCUT2D eigenvalue weighted by Gasteiger charge is 2.17. The third-order valence-corrected chi connectivity index (χ3v) is 4.70. The number of hydrogen-bond donors (Lipinski definition) is 1. The number of nitrogens with zero attached hydrogens (tertiary/aromatic N) is 3. The molecule has 4 rings (SSSR count). The predicted molar refractivity (Wildman–Crippen MR) is 100.0 cm³/mol. The van der Waals surface area contributed by atoms with Crippen molar-refractivity contribution in [3.05, 3.63) is 54.1 Å². The number of rotatable bonds is 2. The zero-order valence-electron chi connectivity index (χ0n) is 14.1. The van der Waals surface area contributed by atoms with E-state index in [0.29, 0.717) is 11.7 Å². The molecule has 2 heterocycles. The molecule has 0 amide bonds. The zero-order valence-corrected chi connectivity index (χ0v) is 14.1. The van der Waals surface area contributed by atoms with Gasteiger partial charge in [-0.1, -0.05) is 56.3 Å². The van der Waals surface area contributed by atoms with Crippen LogP contribution in [0.15, 0.2) is 48.5 Å². The van der Waals surface area contributed by atoms with Gasteiger partial charge >= 0.3 is 0 Å². The molecule has 0 spiro atoms. The van der Waals surface area contributed by atoms with Crippen LogP contribution >= 0.6 is 0 Å². The fourth-order valence-electron chi connectivity index (χ4n) is 3.35. The van der Waals surface area contributed by atoms with Gasteiger partial charge in [0.2, 0.25) is 0 Å². The summed E-state index contributed by atoms with van der Waals surface area (Å²) >= 11 is 0. The second kappa shape index (κ2) is 5.34. The van der Waals surface area contributed by atoms with Crippen molar-refractivity contribution in [1.82, 2.24) is 14.8 Å². The van der Waals surface area contributed by atoms with Crippen LogP contribution in [0.1, 0.15) is 25.3 Å². The average Bonchev–Trinajstić information content (AvgIpc) is 2.88. The number of nitrogens with two attached hydrogens (primary N) is 1. The van der Waals surface area contributed by atoms with Crippen LogP contribution in [0.4, 0.5) is 5.82 Å². The molecule has 4 heteroatoms. The zero-order chi connectivity index (χ0) is 16.8. The van der Waals surface area contributed by atoms with Crippen molar-refractivity contribution in [3.8, 4) is 11.1 Å². The Bertz CT molecular complexity index is 1040. The Labute approximate surface area is 140 Å². The van der Waals surface area contributed by atoms with Crippen LogP contribution in [-0.2, 0) is 7.05 Å². The largest absolute Gasteiger partial charge is 0.382 e. The Morgan fingerprint density at radius 3 is 2.38 bits per heavy atom. The van der Waals surface area contributed by atoms with Crippen LogP contribution < -0.4 is 5.73 Å². The first-order chi connectivity index (χ1) is 11.6. The molecule has 0 unspecified atom stereocenters. The SMILES string of the molecule is CC(C)c1ccc(-c2c(N)nnc3c2c2ccccc2n3C)cc1. The second-order valence-electron chi connectivity index (χ2n) is 6.51. The standard InChI is InChI=1S/C20H20N4/c1-12(2)13-8-10-14(11-9-13)17-18-15-6-4-5-7-16(15)24(3)20(18)23-22-19(17)21/h4-12H,1-3H3,(H2,21,22). The molecule has 2 aromatic carbocycles. The van der Waals surface area contributed by atoms with Crippen molar-refractivity contribution in [2.75, 3.05) is 5.73 Å². The minimum Gasteiger partial charge on any atom is -0.382 e. The number of nitrogen functional groups attached to an aromatic ring is 1. The van der Waals surface area contributed by atoms with E-state index < -0.39 is 0 Å². The van der Waals surface area contributed by atoms with Gasteiger partial charge < -0.3 is 10.3 Å². The molecule has 0 aliphatic rings. The van der Waals surface area contributed by atoms with E-state index in [1.54, 1.807) is 0 Å². The number of benzene rings is 2. The van der Waals surface area contributed by atoms with Crippen LogP contribution in [0.5, 0.6) is 0 Å². The van der Waals surface area contributed by atoms with E-state index in [2.05, 4.69) is 65.0 Å². The van der Waals surface area contributed by atoms with Crippen molar-refractivity contribution in [2.24, 2.45) is 7.05 Å². The fourth-order valence-corrected chi connectivity index (χ4v) is 3.35. The molecule has 4 aromatic rings.